The van der Waals surface area contributed by atoms with Crippen molar-refractivity contribution in [3.63, 3.8) is 0 Å². The Morgan fingerprint density at radius 1 is 1.33 bits per heavy atom. The summed E-state index contributed by atoms with van der Waals surface area (Å²) in [5.74, 6) is 0. The van der Waals surface area contributed by atoms with Gasteiger partial charge in [0.2, 0.25) is 0 Å². The van der Waals surface area contributed by atoms with Gasteiger partial charge < -0.3 is 5.32 Å². The van der Waals surface area contributed by atoms with E-state index in [0.29, 0.717) is 0 Å². The molecule has 82 valence electrons. The van der Waals surface area contributed by atoms with E-state index in [2.05, 4.69) is 17.2 Å². The number of aryl methyl sites for hydroxylation is 2. The van der Waals surface area contributed by atoms with Crippen molar-refractivity contribution < 1.29 is 0 Å². The van der Waals surface area contributed by atoms with Crippen LogP contribution in [0.15, 0.2) is 0 Å². The average Bonchev–Trinajstić information content (AvgIpc) is 2.96. The van der Waals surface area contributed by atoms with E-state index < -0.39 is 0 Å². The minimum atomic E-state index is 0.732. The van der Waals surface area contributed by atoms with Gasteiger partial charge in [-0.2, -0.15) is 0 Å². The van der Waals surface area contributed by atoms with Crippen molar-refractivity contribution >= 4 is 11.3 Å². The fraction of sp³-hybridized carbons (Fsp3) is 0.750. The Kier molecular flexibility index (Phi) is 2.53. The van der Waals surface area contributed by atoms with Gasteiger partial charge in [0, 0.05) is 17.0 Å². The Morgan fingerprint density at radius 2 is 2.20 bits per heavy atom. The second kappa shape index (κ2) is 3.87. The molecule has 3 heteroatoms. The van der Waals surface area contributed by atoms with Crippen molar-refractivity contribution in [3.05, 3.63) is 15.6 Å². The first kappa shape index (κ1) is 9.79. The van der Waals surface area contributed by atoms with Crippen molar-refractivity contribution in [2.45, 2.75) is 57.5 Å². The minimum Gasteiger partial charge on any atom is -0.311 e. The third-order valence-electron chi connectivity index (χ3n) is 3.34. The van der Waals surface area contributed by atoms with Crippen LogP contribution in [0.25, 0.3) is 0 Å². The Morgan fingerprint density at radius 3 is 2.93 bits per heavy atom. The van der Waals surface area contributed by atoms with Crippen LogP contribution in [0.1, 0.15) is 41.8 Å². The van der Waals surface area contributed by atoms with E-state index in [-0.39, 0.29) is 0 Å². The molecular formula is C12H18N2S. The highest BCUT2D eigenvalue weighted by molar-refractivity contribution is 7.11. The molecule has 1 aromatic heterocycles. The lowest BCUT2D eigenvalue weighted by molar-refractivity contribution is 0.456. The Hall–Kier alpha value is -0.410. The largest absolute Gasteiger partial charge is 0.311 e. The molecule has 3 rings (SSSR count). The number of nitrogens with one attached hydrogen (secondary N) is 1. The molecule has 0 saturated heterocycles. The van der Waals surface area contributed by atoms with Crippen molar-refractivity contribution in [1.29, 1.82) is 0 Å². The molecule has 1 aromatic rings. The molecule has 15 heavy (non-hydrogen) atoms. The summed E-state index contributed by atoms with van der Waals surface area (Å²) in [6, 6.07) is 1.57. The van der Waals surface area contributed by atoms with Crippen molar-refractivity contribution in [2.24, 2.45) is 0 Å². The fourth-order valence-electron chi connectivity index (χ4n) is 2.31. The number of hydrogen-bond donors (Lipinski definition) is 1. The molecule has 2 nitrogen and oxygen atoms in total. The third kappa shape index (κ3) is 2.08. The first-order valence-corrected chi connectivity index (χ1v) is 6.90. The van der Waals surface area contributed by atoms with E-state index in [9.17, 15) is 0 Å². The van der Waals surface area contributed by atoms with Gasteiger partial charge in [-0.3, -0.25) is 0 Å². The zero-order chi connectivity index (χ0) is 10.3. The summed E-state index contributed by atoms with van der Waals surface area (Å²) in [7, 11) is 0. The van der Waals surface area contributed by atoms with Gasteiger partial charge in [0.15, 0.2) is 0 Å². The Balaban J connectivity index is 1.70. The lowest BCUT2D eigenvalue weighted by atomic mass is 9.97. The fourth-order valence-corrected chi connectivity index (χ4v) is 3.44. The van der Waals surface area contributed by atoms with E-state index >= 15 is 0 Å². The Labute approximate surface area is 95.1 Å². The first-order chi connectivity index (χ1) is 7.35. The minimum absolute atomic E-state index is 0.732. The SMILES string of the molecule is CCc1nc2c(s1)CC(NC1CC1)CC2. The topological polar surface area (TPSA) is 24.9 Å². The molecule has 0 bridgehead atoms. The molecule has 2 aliphatic carbocycles. The molecule has 1 unspecified atom stereocenters. The quantitative estimate of drug-likeness (QED) is 0.849. The zero-order valence-electron chi connectivity index (χ0n) is 9.25. The van der Waals surface area contributed by atoms with Gasteiger partial charge in [0.25, 0.3) is 0 Å². The van der Waals surface area contributed by atoms with Crippen LogP contribution in [-0.2, 0) is 19.3 Å². The van der Waals surface area contributed by atoms with Crippen molar-refractivity contribution in [2.75, 3.05) is 0 Å². The summed E-state index contributed by atoms with van der Waals surface area (Å²) in [5.41, 5.74) is 1.39. The highest BCUT2D eigenvalue weighted by Gasteiger charge is 2.28. The van der Waals surface area contributed by atoms with Crippen LogP contribution < -0.4 is 5.32 Å². The van der Waals surface area contributed by atoms with Gasteiger partial charge in [-0.05, 0) is 38.5 Å². The molecule has 1 heterocycles. The predicted octanol–water partition coefficient (Wildman–Crippen LogP) is 2.31. The smallest absolute Gasteiger partial charge is 0.0928 e. The van der Waals surface area contributed by atoms with Crippen LogP contribution in [-0.4, -0.2) is 17.1 Å². The van der Waals surface area contributed by atoms with Gasteiger partial charge in [-0.15, -0.1) is 11.3 Å². The number of rotatable bonds is 3. The molecule has 0 aliphatic heterocycles. The highest BCUT2D eigenvalue weighted by Crippen LogP contribution is 2.29. The Bertz CT molecular complexity index is 355. The molecule has 2 aliphatic rings. The summed E-state index contributed by atoms with van der Waals surface area (Å²) in [6.45, 7) is 2.20. The third-order valence-corrected chi connectivity index (χ3v) is 4.60. The molecule has 0 spiro atoms. The molecule has 0 radical (unpaired) electrons. The van der Waals surface area contributed by atoms with E-state index in [1.165, 1.54) is 42.8 Å². The van der Waals surface area contributed by atoms with Crippen molar-refractivity contribution in [3.8, 4) is 0 Å². The van der Waals surface area contributed by atoms with E-state index in [1.807, 2.05) is 11.3 Å². The normalized spacial score (nSPS) is 25.3. The summed E-state index contributed by atoms with van der Waals surface area (Å²) in [6.07, 6.45) is 7.59. The first-order valence-electron chi connectivity index (χ1n) is 6.08. The van der Waals surface area contributed by atoms with Crippen LogP contribution in [0, 0.1) is 0 Å². The van der Waals surface area contributed by atoms with E-state index in [1.54, 1.807) is 4.88 Å². The molecular weight excluding hydrogens is 204 g/mol. The predicted molar refractivity (Wildman–Crippen MR) is 63.5 cm³/mol. The molecule has 0 amide bonds. The number of aromatic nitrogens is 1. The summed E-state index contributed by atoms with van der Waals surface area (Å²) in [5, 5.41) is 5.07. The number of thiazole rings is 1. The van der Waals surface area contributed by atoms with Crippen LogP contribution >= 0.6 is 11.3 Å². The summed E-state index contributed by atoms with van der Waals surface area (Å²) < 4.78 is 0. The lowest BCUT2D eigenvalue weighted by Gasteiger charge is -2.22. The molecule has 1 N–H and O–H groups in total. The van der Waals surface area contributed by atoms with Gasteiger partial charge in [0.05, 0.1) is 10.7 Å². The van der Waals surface area contributed by atoms with Gasteiger partial charge in [-0.25, -0.2) is 4.98 Å². The monoisotopic (exact) mass is 222 g/mol. The number of nitrogens with zero attached hydrogens (tertiary/aromatic N) is 1. The van der Waals surface area contributed by atoms with E-state index in [4.69, 9.17) is 0 Å². The second-order valence-electron chi connectivity index (χ2n) is 4.71. The van der Waals surface area contributed by atoms with Crippen LogP contribution in [0.2, 0.25) is 0 Å². The summed E-state index contributed by atoms with van der Waals surface area (Å²) >= 11 is 1.94. The zero-order valence-corrected chi connectivity index (χ0v) is 10.1. The van der Waals surface area contributed by atoms with E-state index in [0.717, 1.165) is 18.5 Å². The van der Waals surface area contributed by atoms with Crippen LogP contribution in [0.4, 0.5) is 0 Å². The maximum absolute atomic E-state index is 4.69. The number of fused-ring (bicyclic) bond motifs is 1. The van der Waals surface area contributed by atoms with Gasteiger partial charge >= 0.3 is 0 Å². The summed E-state index contributed by atoms with van der Waals surface area (Å²) in [4.78, 5) is 6.24. The number of hydrogen-bond acceptors (Lipinski definition) is 3. The molecule has 1 saturated carbocycles. The van der Waals surface area contributed by atoms with Gasteiger partial charge in [0.1, 0.15) is 0 Å². The highest BCUT2D eigenvalue weighted by atomic mass is 32.1. The van der Waals surface area contributed by atoms with Gasteiger partial charge in [-0.1, -0.05) is 6.92 Å². The second-order valence-corrected chi connectivity index (χ2v) is 5.88. The van der Waals surface area contributed by atoms with Crippen molar-refractivity contribution in [1.82, 2.24) is 10.3 Å². The lowest BCUT2D eigenvalue weighted by Crippen LogP contribution is -2.35. The maximum atomic E-state index is 4.69. The standard InChI is InChI=1S/C12H18N2S/c1-2-12-14-10-6-5-9(7-11(10)15-12)13-8-3-4-8/h8-9,13H,2-7H2,1H3. The molecule has 1 fully saturated rings. The van der Waals surface area contributed by atoms with Crippen LogP contribution in [0.5, 0.6) is 0 Å². The molecule has 1 atom stereocenters. The van der Waals surface area contributed by atoms with Crippen LogP contribution in [0.3, 0.4) is 0 Å². The molecule has 0 aromatic carbocycles. The average molecular weight is 222 g/mol. The maximum Gasteiger partial charge on any atom is 0.0928 e.